The predicted molar refractivity (Wildman–Crippen MR) is 78.1 cm³/mol. The largest absolute Gasteiger partial charge is 0.495 e. The summed E-state index contributed by atoms with van der Waals surface area (Å²) >= 11 is 0. The molecule has 1 fully saturated rings. The molecule has 106 valence electrons. The summed E-state index contributed by atoms with van der Waals surface area (Å²) < 4.78 is 5.44. The topological polar surface area (TPSA) is 48.1 Å². The number of hydrogen-bond donors (Lipinski definition) is 1. The van der Waals surface area contributed by atoms with E-state index < -0.39 is 0 Å². The Morgan fingerprint density at radius 3 is 3.00 bits per heavy atom. The second-order valence-corrected chi connectivity index (χ2v) is 5.80. The molecule has 1 aliphatic carbocycles. The highest BCUT2D eigenvalue weighted by atomic mass is 16.5. The van der Waals surface area contributed by atoms with Crippen molar-refractivity contribution in [2.24, 2.45) is 11.7 Å². The van der Waals surface area contributed by atoms with Crippen LogP contribution >= 0.6 is 0 Å². The summed E-state index contributed by atoms with van der Waals surface area (Å²) in [6.45, 7) is 2.27. The van der Waals surface area contributed by atoms with Gasteiger partial charge in [-0.15, -0.1) is 0 Å². The molecule has 2 unspecified atom stereocenters. The van der Waals surface area contributed by atoms with E-state index >= 15 is 0 Å². The molecule has 1 aliphatic rings. The van der Waals surface area contributed by atoms with E-state index in [0.29, 0.717) is 0 Å². The molecule has 0 radical (unpaired) electrons. The van der Waals surface area contributed by atoms with Crippen LogP contribution in [0.2, 0.25) is 0 Å². The highest BCUT2D eigenvalue weighted by Crippen LogP contribution is 2.39. The first-order chi connectivity index (χ1) is 9.19. The Balaban J connectivity index is 2.18. The normalized spacial score (nSPS) is 27.8. The minimum Gasteiger partial charge on any atom is -0.495 e. The van der Waals surface area contributed by atoms with Gasteiger partial charge in [-0.25, -0.2) is 0 Å². The third-order valence-corrected chi connectivity index (χ3v) is 4.39. The van der Waals surface area contributed by atoms with Crippen LogP contribution in [0.5, 0.6) is 5.75 Å². The molecule has 3 nitrogen and oxygen atoms in total. The summed E-state index contributed by atoms with van der Waals surface area (Å²) in [4.78, 5) is 4.51. The number of rotatable bonds is 4. The van der Waals surface area contributed by atoms with Crippen molar-refractivity contribution in [3.8, 4) is 5.75 Å². The summed E-state index contributed by atoms with van der Waals surface area (Å²) in [7, 11) is 1.69. The Morgan fingerprint density at radius 2 is 2.26 bits per heavy atom. The van der Waals surface area contributed by atoms with Gasteiger partial charge in [0.05, 0.1) is 12.6 Å². The van der Waals surface area contributed by atoms with E-state index in [4.69, 9.17) is 10.5 Å². The van der Waals surface area contributed by atoms with E-state index in [9.17, 15) is 0 Å². The number of pyridine rings is 1. The van der Waals surface area contributed by atoms with Gasteiger partial charge in [0.25, 0.3) is 0 Å². The molecule has 0 aliphatic heterocycles. The first kappa shape index (κ1) is 14.3. The molecule has 0 bridgehead atoms. The summed E-state index contributed by atoms with van der Waals surface area (Å²) in [6.07, 6.45) is 10.2. The molecule has 1 aromatic heterocycles. The zero-order valence-corrected chi connectivity index (χ0v) is 12.2. The van der Waals surface area contributed by atoms with Crippen molar-refractivity contribution in [1.29, 1.82) is 0 Å². The number of aromatic nitrogens is 1. The first-order valence-corrected chi connectivity index (χ1v) is 7.48. The molecule has 2 N–H and O–H groups in total. The third-order valence-electron chi connectivity index (χ3n) is 4.39. The maximum absolute atomic E-state index is 6.67. The van der Waals surface area contributed by atoms with E-state index in [2.05, 4.69) is 11.9 Å². The first-order valence-electron chi connectivity index (χ1n) is 7.48. The van der Waals surface area contributed by atoms with Crippen LogP contribution in [0.4, 0.5) is 0 Å². The molecule has 0 spiro atoms. The monoisotopic (exact) mass is 262 g/mol. The lowest BCUT2D eigenvalue weighted by Crippen LogP contribution is -2.37. The van der Waals surface area contributed by atoms with Gasteiger partial charge in [-0.05, 0) is 37.3 Å². The smallest absolute Gasteiger partial charge is 0.142 e. The van der Waals surface area contributed by atoms with E-state index in [0.717, 1.165) is 30.2 Å². The zero-order valence-electron chi connectivity index (χ0n) is 12.2. The molecule has 19 heavy (non-hydrogen) atoms. The Morgan fingerprint density at radius 1 is 1.42 bits per heavy atom. The molecular formula is C16H26N2O. The molecule has 1 aromatic rings. The fourth-order valence-corrected chi connectivity index (χ4v) is 3.30. The lowest BCUT2D eigenvalue weighted by atomic mass is 9.86. The van der Waals surface area contributed by atoms with Gasteiger partial charge >= 0.3 is 0 Å². The molecule has 2 rings (SSSR count). The van der Waals surface area contributed by atoms with Crippen LogP contribution in [0, 0.1) is 5.92 Å². The lowest BCUT2D eigenvalue weighted by Gasteiger charge is -2.29. The second kappa shape index (κ2) is 6.38. The summed E-state index contributed by atoms with van der Waals surface area (Å²) in [5.41, 5.74) is 7.30. The van der Waals surface area contributed by atoms with E-state index in [-0.39, 0.29) is 5.54 Å². The Kier molecular flexibility index (Phi) is 4.81. The van der Waals surface area contributed by atoms with Gasteiger partial charge in [-0.2, -0.15) is 0 Å². The summed E-state index contributed by atoms with van der Waals surface area (Å²) in [5.74, 6) is 1.67. The van der Waals surface area contributed by atoms with E-state index in [1.807, 2.05) is 18.3 Å². The minimum absolute atomic E-state index is 0.310. The Hall–Kier alpha value is -1.09. The van der Waals surface area contributed by atoms with Crippen molar-refractivity contribution in [2.75, 3.05) is 7.11 Å². The second-order valence-electron chi connectivity index (χ2n) is 5.80. The predicted octanol–water partition coefficient (Wildman–Crippen LogP) is 3.62. The van der Waals surface area contributed by atoms with Crippen LogP contribution in [0.3, 0.4) is 0 Å². The van der Waals surface area contributed by atoms with Gasteiger partial charge in [0.2, 0.25) is 0 Å². The quantitative estimate of drug-likeness (QED) is 0.843. The van der Waals surface area contributed by atoms with Crippen LogP contribution in [0.15, 0.2) is 18.3 Å². The molecule has 2 atom stereocenters. The maximum Gasteiger partial charge on any atom is 0.142 e. The Labute approximate surface area is 116 Å². The highest BCUT2D eigenvalue weighted by molar-refractivity contribution is 5.33. The molecular weight excluding hydrogens is 236 g/mol. The van der Waals surface area contributed by atoms with Crippen LogP contribution in [-0.2, 0) is 5.54 Å². The SMILES string of the molecule is CCCC1CCCC(N)(c2ncccc2OC)CC1. The molecule has 3 heteroatoms. The number of nitrogens with two attached hydrogens (primary N) is 1. The average molecular weight is 262 g/mol. The third kappa shape index (κ3) is 3.27. The van der Waals surface area contributed by atoms with Crippen molar-refractivity contribution in [3.63, 3.8) is 0 Å². The van der Waals surface area contributed by atoms with Crippen LogP contribution < -0.4 is 10.5 Å². The van der Waals surface area contributed by atoms with Gasteiger partial charge < -0.3 is 10.5 Å². The zero-order chi connectivity index (χ0) is 13.7. The van der Waals surface area contributed by atoms with Crippen molar-refractivity contribution in [1.82, 2.24) is 4.98 Å². The van der Waals surface area contributed by atoms with E-state index in [1.54, 1.807) is 7.11 Å². The molecule has 0 saturated heterocycles. The minimum atomic E-state index is -0.310. The van der Waals surface area contributed by atoms with E-state index in [1.165, 1.54) is 32.1 Å². The standard InChI is InChI=1S/C16H26N2O/c1-3-6-13-7-4-10-16(17,11-9-13)15-14(19-2)8-5-12-18-15/h5,8,12-13H,3-4,6-7,9-11,17H2,1-2H3. The van der Waals surface area contributed by atoms with Crippen molar-refractivity contribution in [3.05, 3.63) is 24.0 Å². The molecule has 0 amide bonds. The maximum atomic E-state index is 6.67. The van der Waals surface area contributed by atoms with Crippen LogP contribution in [-0.4, -0.2) is 12.1 Å². The number of methoxy groups -OCH3 is 1. The molecule has 0 aromatic carbocycles. The van der Waals surface area contributed by atoms with Crippen LogP contribution in [0.25, 0.3) is 0 Å². The fraction of sp³-hybridized carbons (Fsp3) is 0.688. The summed E-state index contributed by atoms with van der Waals surface area (Å²) in [5, 5.41) is 0. The van der Waals surface area contributed by atoms with Gasteiger partial charge in [0, 0.05) is 6.20 Å². The van der Waals surface area contributed by atoms with Crippen molar-refractivity contribution >= 4 is 0 Å². The fourth-order valence-electron chi connectivity index (χ4n) is 3.30. The van der Waals surface area contributed by atoms with Gasteiger partial charge in [0.1, 0.15) is 11.4 Å². The lowest BCUT2D eigenvalue weighted by molar-refractivity contribution is 0.331. The Bertz CT molecular complexity index is 407. The van der Waals surface area contributed by atoms with Gasteiger partial charge in [-0.3, -0.25) is 4.98 Å². The van der Waals surface area contributed by atoms with Gasteiger partial charge in [0.15, 0.2) is 0 Å². The van der Waals surface area contributed by atoms with Crippen LogP contribution in [0.1, 0.15) is 57.6 Å². The summed E-state index contributed by atoms with van der Waals surface area (Å²) in [6, 6.07) is 3.87. The molecule has 1 heterocycles. The average Bonchev–Trinajstić information content (AvgIpc) is 2.63. The number of nitrogens with zero attached hydrogens (tertiary/aromatic N) is 1. The van der Waals surface area contributed by atoms with Crippen molar-refractivity contribution in [2.45, 2.75) is 57.4 Å². The number of hydrogen-bond acceptors (Lipinski definition) is 3. The number of ether oxygens (including phenoxy) is 1. The molecule has 1 saturated carbocycles. The highest BCUT2D eigenvalue weighted by Gasteiger charge is 2.34. The van der Waals surface area contributed by atoms with Crippen molar-refractivity contribution < 1.29 is 4.74 Å². The van der Waals surface area contributed by atoms with Gasteiger partial charge in [-0.1, -0.05) is 32.6 Å².